The summed E-state index contributed by atoms with van der Waals surface area (Å²) >= 11 is 0. The molecule has 5 rings (SSSR count). The molecule has 0 aromatic heterocycles. The maximum atomic E-state index is 14.0. The predicted octanol–water partition coefficient (Wildman–Crippen LogP) is 3.01. The molecule has 3 aromatic carbocycles. The zero-order valence-corrected chi connectivity index (χ0v) is 20.9. The summed E-state index contributed by atoms with van der Waals surface area (Å²) in [7, 11) is 1.56. The van der Waals surface area contributed by atoms with Gasteiger partial charge in [-0.2, -0.15) is 5.01 Å². The van der Waals surface area contributed by atoms with E-state index in [1.165, 1.54) is 5.01 Å². The Morgan fingerprint density at radius 3 is 2.54 bits per heavy atom. The third kappa shape index (κ3) is 4.68. The van der Waals surface area contributed by atoms with Gasteiger partial charge in [0.1, 0.15) is 12.2 Å². The highest BCUT2D eigenvalue weighted by Gasteiger charge is 2.52. The number of rotatable bonds is 7. The first kappa shape index (κ1) is 24.5. The lowest BCUT2D eigenvalue weighted by molar-refractivity contribution is -0.157. The van der Waals surface area contributed by atoms with E-state index in [1.54, 1.807) is 23.0 Å². The van der Waals surface area contributed by atoms with Crippen LogP contribution in [0.5, 0.6) is 0 Å². The fraction of sp³-hybridized carbons (Fsp3) is 0.276. The Hall–Kier alpha value is -4.17. The number of nitrogens with zero attached hydrogens (tertiary/aromatic N) is 4. The topological polar surface area (TPSA) is 76.2 Å². The van der Waals surface area contributed by atoms with E-state index in [-0.39, 0.29) is 30.9 Å². The van der Waals surface area contributed by atoms with Crippen LogP contribution in [0.3, 0.4) is 0 Å². The molecule has 37 heavy (non-hydrogen) atoms. The number of fused-ring (bicyclic) bond motifs is 2. The summed E-state index contributed by atoms with van der Waals surface area (Å²) in [5, 5.41) is 8.13. The molecule has 0 radical (unpaired) electrons. The quantitative estimate of drug-likeness (QED) is 0.510. The molecule has 2 saturated heterocycles. The fourth-order valence-electron chi connectivity index (χ4n) is 5.42. The van der Waals surface area contributed by atoms with Gasteiger partial charge in [-0.3, -0.25) is 14.6 Å². The number of benzene rings is 3. The monoisotopic (exact) mass is 497 g/mol. The maximum Gasteiger partial charge on any atom is 0.332 e. The zero-order chi connectivity index (χ0) is 25.9. The number of hydrazine groups is 1. The average Bonchev–Trinajstić information content (AvgIpc) is 3.25. The molecule has 4 amide bonds. The van der Waals surface area contributed by atoms with Crippen molar-refractivity contribution < 1.29 is 14.4 Å². The minimum absolute atomic E-state index is 0.0204. The minimum Gasteiger partial charge on any atom is -0.340 e. The molecular formula is C29H31N5O3. The van der Waals surface area contributed by atoms with E-state index in [9.17, 15) is 14.4 Å². The Labute approximate surface area is 216 Å². The molecule has 2 fully saturated rings. The molecule has 8 heteroatoms. The van der Waals surface area contributed by atoms with Gasteiger partial charge < -0.3 is 15.1 Å². The third-order valence-corrected chi connectivity index (χ3v) is 7.14. The molecule has 2 heterocycles. The number of carbonyl (C=O) groups is 3. The summed E-state index contributed by atoms with van der Waals surface area (Å²) in [6.45, 7) is 4.76. The Morgan fingerprint density at radius 2 is 1.78 bits per heavy atom. The standard InChI is InChI=1S/C29H31N5O3/c1-3-16-32(29(37)30-2)33-20-27(35)34-25(17-21-10-5-4-6-11-21)28(36)31(19-26(33)34)18-23-14-9-13-22-12-7-8-15-24(22)23/h3-15,25-26H,1,16-20H2,2H3,(H,30,37)/t25-,26+/m0/s1. The fourth-order valence-corrected chi connectivity index (χ4v) is 5.42. The van der Waals surface area contributed by atoms with E-state index in [0.717, 1.165) is 21.9 Å². The lowest BCUT2D eigenvalue weighted by Crippen LogP contribution is -2.65. The van der Waals surface area contributed by atoms with Crippen LogP contribution in [0.2, 0.25) is 0 Å². The molecule has 0 saturated carbocycles. The van der Waals surface area contributed by atoms with Crippen LogP contribution in [-0.4, -0.2) is 76.6 Å². The van der Waals surface area contributed by atoms with Crippen LogP contribution in [0.15, 0.2) is 85.5 Å². The van der Waals surface area contributed by atoms with Gasteiger partial charge >= 0.3 is 6.03 Å². The van der Waals surface area contributed by atoms with E-state index in [2.05, 4.69) is 30.1 Å². The van der Waals surface area contributed by atoms with Gasteiger partial charge in [-0.1, -0.05) is 78.9 Å². The van der Waals surface area contributed by atoms with Crippen LogP contribution in [0.4, 0.5) is 4.79 Å². The van der Waals surface area contributed by atoms with Crippen molar-refractivity contribution >= 4 is 28.6 Å². The molecule has 2 atom stereocenters. The van der Waals surface area contributed by atoms with Crippen molar-refractivity contribution in [2.24, 2.45) is 0 Å². The lowest BCUT2D eigenvalue weighted by atomic mass is 9.99. The minimum atomic E-state index is -0.663. The number of urea groups is 1. The van der Waals surface area contributed by atoms with Gasteiger partial charge in [-0.15, -0.1) is 6.58 Å². The maximum absolute atomic E-state index is 14.0. The largest absolute Gasteiger partial charge is 0.340 e. The van der Waals surface area contributed by atoms with E-state index in [4.69, 9.17) is 0 Å². The average molecular weight is 498 g/mol. The molecule has 2 aliphatic heterocycles. The Morgan fingerprint density at radius 1 is 1.05 bits per heavy atom. The SMILES string of the molecule is C=CCN(C(=O)NC)N1CC(=O)N2[C@@H](Cc3ccccc3)C(=O)N(Cc3cccc4ccccc34)C[C@@H]21. The summed E-state index contributed by atoms with van der Waals surface area (Å²) in [4.78, 5) is 43.6. The van der Waals surface area contributed by atoms with Crippen molar-refractivity contribution in [3.8, 4) is 0 Å². The van der Waals surface area contributed by atoms with Gasteiger partial charge in [0, 0.05) is 20.0 Å². The molecule has 0 bridgehead atoms. The third-order valence-electron chi connectivity index (χ3n) is 7.14. The smallest absolute Gasteiger partial charge is 0.332 e. The summed E-state index contributed by atoms with van der Waals surface area (Å²) in [6.07, 6.45) is 1.57. The molecule has 0 spiro atoms. The van der Waals surface area contributed by atoms with Gasteiger partial charge in [-0.05, 0) is 21.9 Å². The van der Waals surface area contributed by atoms with Gasteiger partial charge in [0.25, 0.3) is 0 Å². The summed E-state index contributed by atoms with van der Waals surface area (Å²) in [5.74, 6) is -0.250. The zero-order valence-electron chi connectivity index (χ0n) is 20.9. The summed E-state index contributed by atoms with van der Waals surface area (Å²) in [6, 6.07) is 23.0. The highest BCUT2D eigenvalue weighted by Crippen LogP contribution is 2.31. The van der Waals surface area contributed by atoms with Crippen LogP contribution in [0.1, 0.15) is 11.1 Å². The van der Waals surface area contributed by atoms with Crippen LogP contribution in [0.25, 0.3) is 10.8 Å². The van der Waals surface area contributed by atoms with Crippen LogP contribution < -0.4 is 5.32 Å². The van der Waals surface area contributed by atoms with E-state index >= 15 is 0 Å². The number of piperazine rings is 1. The second kappa shape index (κ2) is 10.4. The molecule has 1 N–H and O–H groups in total. The van der Waals surface area contributed by atoms with Gasteiger partial charge in [0.2, 0.25) is 11.8 Å². The first-order chi connectivity index (χ1) is 18.0. The van der Waals surface area contributed by atoms with E-state index in [1.807, 2.05) is 59.5 Å². The molecule has 190 valence electrons. The summed E-state index contributed by atoms with van der Waals surface area (Å²) < 4.78 is 0. The molecule has 0 aliphatic carbocycles. The molecule has 0 unspecified atom stereocenters. The van der Waals surface area contributed by atoms with Gasteiger partial charge in [0.15, 0.2) is 0 Å². The molecule has 3 aromatic rings. The van der Waals surface area contributed by atoms with Crippen molar-refractivity contribution in [2.75, 3.05) is 26.7 Å². The predicted molar refractivity (Wildman–Crippen MR) is 142 cm³/mol. The Balaban J connectivity index is 1.52. The highest BCUT2D eigenvalue weighted by molar-refractivity contribution is 5.92. The normalized spacial score (nSPS) is 19.7. The van der Waals surface area contributed by atoms with Crippen molar-refractivity contribution in [1.82, 2.24) is 25.1 Å². The number of hydrogen-bond acceptors (Lipinski definition) is 4. The first-order valence-electron chi connectivity index (χ1n) is 12.5. The number of hydrogen-bond donors (Lipinski definition) is 1. The van der Waals surface area contributed by atoms with Crippen molar-refractivity contribution in [3.05, 3.63) is 96.6 Å². The van der Waals surface area contributed by atoms with E-state index in [0.29, 0.717) is 19.5 Å². The van der Waals surface area contributed by atoms with E-state index < -0.39 is 12.2 Å². The second-order valence-electron chi connectivity index (χ2n) is 9.37. The van der Waals surface area contributed by atoms with Gasteiger partial charge in [-0.25, -0.2) is 4.79 Å². The van der Waals surface area contributed by atoms with Crippen molar-refractivity contribution in [2.45, 2.75) is 25.2 Å². The second-order valence-corrected chi connectivity index (χ2v) is 9.37. The van der Waals surface area contributed by atoms with Crippen molar-refractivity contribution in [1.29, 1.82) is 0 Å². The summed E-state index contributed by atoms with van der Waals surface area (Å²) in [5.41, 5.74) is 2.02. The Kier molecular flexibility index (Phi) is 6.92. The van der Waals surface area contributed by atoms with Crippen molar-refractivity contribution in [3.63, 3.8) is 0 Å². The van der Waals surface area contributed by atoms with Crippen LogP contribution in [0, 0.1) is 0 Å². The lowest BCUT2D eigenvalue weighted by Gasteiger charge is -2.46. The van der Waals surface area contributed by atoms with Crippen LogP contribution in [-0.2, 0) is 22.6 Å². The number of nitrogens with one attached hydrogen (secondary N) is 1. The Bertz CT molecular complexity index is 1320. The molecular weight excluding hydrogens is 466 g/mol. The van der Waals surface area contributed by atoms with Crippen LogP contribution >= 0.6 is 0 Å². The number of amides is 4. The highest BCUT2D eigenvalue weighted by atomic mass is 16.2. The molecule has 8 nitrogen and oxygen atoms in total. The van der Waals surface area contributed by atoms with Gasteiger partial charge in [0.05, 0.1) is 19.6 Å². The molecule has 2 aliphatic rings. The first-order valence-corrected chi connectivity index (χ1v) is 12.5. The number of carbonyl (C=O) groups excluding carboxylic acids is 3.